The second-order valence-corrected chi connectivity index (χ2v) is 4.74. The van der Waals surface area contributed by atoms with Gasteiger partial charge in [-0.05, 0) is 0 Å². The monoisotopic (exact) mass is 171 g/mol. The van der Waals surface area contributed by atoms with Crippen molar-refractivity contribution in [3.05, 3.63) is 0 Å². The van der Waals surface area contributed by atoms with Gasteiger partial charge in [0.05, 0.1) is 6.26 Å². The van der Waals surface area contributed by atoms with Crippen LogP contribution < -0.4 is 0 Å². The lowest BCUT2D eigenvalue weighted by molar-refractivity contribution is 0.377. The molecule has 9 heavy (non-hydrogen) atoms. The van der Waals surface area contributed by atoms with Gasteiger partial charge in [-0.3, -0.25) is 0 Å². The molecule has 0 aromatic carbocycles. The smallest absolute Gasteiger partial charge is 0.221 e. The Labute approximate surface area is 55.1 Å². The molecule has 4 nitrogen and oxygen atoms in total. The van der Waals surface area contributed by atoms with Crippen LogP contribution in [0.4, 0.5) is 0 Å². The molecule has 0 N–H and O–H groups in total. The maximum atomic E-state index is 10.2. The Kier molecular flexibility index (Phi) is 3.25. The fourth-order valence-electron chi connectivity index (χ4n) is 0.170. The first-order valence-electron chi connectivity index (χ1n) is 2.14. The van der Waals surface area contributed by atoms with Gasteiger partial charge in [-0.15, -0.1) is 0 Å². The fraction of sp³-hybridized carbons (Fsp3) is 1.00. The van der Waals surface area contributed by atoms with Crippen LogP contribution in [-0.2, 0) is 18.9 Å². The van der Waals surface area contributed by atoms with Gasteiger partial charge in [0.25, 0.3) is 16.5 Å². The van der Waals surface area contributed by atoms with Crippen LogP contribution in [0.3, 0.4) is 0 Å². The van der Waals surface area contributed by atoms with Crippen LogP contribution in [0.1, 0.15) is 0 Å². The minimum atomic E-state index is -3.40. The molecular formula is C3H8O4PS+. The van der Waals surface area contributed by atoms with Crippen molar-refractivity contribution in [1.29, 1.82) is 0 Å². The summed E-state index contributed by atoms with van der Waals surface area (Å²) in [6, 6.07) is 0. The van der Waals surface area contributed by atoms with E-state index in [9.17, 15) is 13.0 Å². The second kappa shape index (κ2) is 3.25. The summed E-state index contributed by atoms with van der Waals surface area (Å²) in [7, 11) is -4.92. The standard InChI is InChI=1S/C3H8O4PS/c1-8(4)3-7-9(2,5)6/h3H2,1-2H3/q+1. The van der Waals surface area contributed by atoms with Crippen LogP contribution in [0.25, 0.3) is 0 Å². The van der Waals surface area contributed by atoms with Crippen LogP contribution in [-0.4, -0.2) is 27.7 Å². The Morgan fingerprint density at radius 1 is 1.56 bits per heavy atom. The lowest BCUT2D eigenvalue weighted by atomic mass is 11.7. The van der Waals surface area contributed by atoms with Crippen molar-refractivity contribution in [2.24, 2.45) is 0 Å². The topological polar surface area (TPSA) is 60.4 Å². The van der Waals surface area contributed by atoms with Crippen LogP contribution in [0.15, 0.2) is 0 Å². The average Bonchev–Trinajstić information content (AvgIpc) is 1.59. The zero-order valence-corrected chi connectivity index (χ0v) is 6.91. The molecule has 0 spiro atoms. The molecule has 0 aliphatic rings. The van der Waals surface area contributed by atoms with E-state index in [0.29, 0.717) is 0 Å². The summed E-state index contributed by atoms with van der Waals surface area (Å²) >= 11 is 0. The van der Waals surface area contributed by atoms with Gasteiger partial charge in [-0.25, -0.2) is 4.18 Å². The highest BCUT2D eigenvalue weighted by Gasteiger charge is 2.10. The van der Waals surface area contributed by atoms with E-state index < -0.39 is 17.9 Å². The summed E-state index contributed by atoms with van der Waals surface area (Å²) < 4.78 is 34.8. The molecular weight excluding hydrogens is 163 g/mol. The van der Waals surface area contributed by atoms with Gasteiger partial charge < -0.3 is 0 Å². The summed E-state index contributed by atoms with van der Waals surface area (Å²) in [6.07, 6.45) is 0.708. The molecule has 0 aliphatic heterocycles. The van der Waals surface area contributed by atoms with Crippen LogP contribution in [0, 0.1) is 0 Å². The molecule has 0 saturated carbocycles. The Morgan fingerprint density at radius 2 is 2.00 bits per heavy atom. The van der Waals surface area contributed by atoms with Crippen molar-refractivity contribution in [3.63, 3.8) is 0 Å². The SMILES string of the molecule is C[P+](=O)COS(C)(=O)=O. The van der Waals surface area contributed by atoms with Gasteiger partial charge in [-0.2, -0.15) is 8.42 Å². The Hall–Kier alpha value is 0.01000. The maximum absolute atomic E-state index is 10.2. The first kappa shape index (κ1) is 9.01. The predicted octanol–water partition coefficient (Wildman–Crippen LogP) is 0.377. The van der Waals surface area contributed by atoms with E-state index in [-0.39, 0.29) is 6.35 Å². The van der Waals surface area contributed by atoms with Crippen LogP contribution in [0.2, 0.25) is 0 Å². The van der Waals surface area contributed by atoms with E-state index in [1.165, 1.54) is 6.66 Å². The van der Waals surface area contributed by atoms with Crippen molar-refractivity contribution in [1.82, 2.24) is 0 Å². The van der Waals surface area contributed by atoms with E-state index in [4.69, 9.17) is 0 Å². The van der Waals surface area contributed by atoms with E-state index in [0.717, 1.165) is 6.26 Å². The van der Waals surface area contributed by atoms with Crippen LogP contribution in [0.5, 0.6) is 0 Å². The highest BCUT2D eigenvalue weighted by Crippen LogP contribution is 2.13. The third kappa shape index (κ3) is 8.01. The zero-order valence-electron chi connectivity index (χ0n) is 5.20. The zero-order chi connectivity index (χ0) is 7.49. The van der Waals surface area contributed by atoms with E-state index in [2.05, 4.69) is 4.18 Å². The summed E-state index contributed by atoms with van der Waals surface area (Å²) in [4.78, 5) is 0. The normalized spacial score (nSPS) is 13.3. The highest BCUT2D eigenvalue weighted by molar-refractivity contribution is 7.86. The minimum absolute atomic E-state index is 0.214. The fourth-order valence-corrected chi connectivity index (χ4v) is 1.53. The molecule has 0 radical (unpaired) electrons. The van der Waals surface area contributed by atoms with E-state index >= 15 is 0 Å². The molecule has 1 unspecified atom stereocenters. The molecule has 54 valence electrons. The van der Waals surface area contributed by atoms with Crippen molar-refractivity contribution >= 4 is 17.9 Å². The first-order chi connectivity index (χ1) is 3.92. The van der Waals surface area contributed by atoms with Crippen molar-refractivity contribution in [2.75, 3.05) is 19.3 Å². The average molecular weight is 171 g/mol. The predicted molar refractivity (Wildman–Crippen MR) is 34.3 cm³/mol. The lowest BCUT2D eigenvalue weighted by Gasteiger charge is -1.88. The molecule has 0 rings (SSSR count). The molecule has 0 saturated heterocycles. The summed E-state index contributed by atoms with van der Waals surface area (Å²) in [6.45, 7) is 1.40. The first-order valence-corrected chi connectivity index (χ1v) is 5.85. The van der Waals surface area contributed by atoms with E-state index in [1.54, 1.807) is 0 Å². The quantitative estimate of drug-likeness (QED) is 0.455. The molecule has 0 bridgehead atoms. The third-order valence-electron chi connectivity index (χ3n) is 0.449. The molecule has 0 amide bonds. The molecule has 0 fully saturated rings. The van der Waals surface area contributed by atoms with Crippen molar-refractivity contribution < 1.29 is 17.2 Å². The number of rotatable bonds is 3. The lowest BCUT2D eigenvalue weighted by Crippen LogP contribution is -2.00. The third-order valence-corrected chi connectivity index (χ3v) is 1.66. The second-order valence-electron chi connectivity index (χ2n) is 1.58. The van der Waals surface area contributed by atoms with Gasteiger partial charge in [0.1, 0.15) is 6.66 Å². The Balaban J connectivity index is 3.67. The molecule has 0 aromatic heterocycles. The summed E-state index contributed by atoms with van der Waals surface area (Å²) in [5.74, 6) is 0. The van der Waals surface area contributed by atoms with Crippen LogP contribution >= 0.6 is 7.80 Å². The van der Waals surface area contributed by atoms with Crippen molar-refractivity contribution in [3.8, 4) is 0 Å². The molecule has 0 aromatic rings. The largest absolute Gasteiger partial charge is 0.364 e. The van der Waals surface area contributed by atoms with E-state index in [1.807, 2.05) is 0 Å². The summed E-state index contributed by atoms with van der Waals surface area (Å²) in [5.41, 5.74) is 0. The van der Waals surface area contributed by atoms with Gasteiger partial charge >= 0.3 is 7.80 Å². The molecule has 0 heterocycles. The highest BCUT2D eigenvalue weighted by atomic mass is 32.2. The molecule has 1 atom stereocenters. The number of hydrogen-bond donors (Lipinski definition) is 0. The van der Waals surface area contributed by atoms with Crippen molar-refractivity contribution in [2.45, 2.75) is 0 Å². The Bertz CT molecular complexity index is 194. The van der Waals surface area contributed by atoms with Gasteiger partial charge in [0, 0.05) is 0 Å². The maximum Gasteiger partial charge on any atom is 0.364 e. The summed E-state index contributed by atoms with van der Waals surface area (Å²) in [5, 5.41) is 0. The minimum Gasteiger partial charge on any atom is -0.221 e. The van der Waals surface area contributed by atoms with Gasteiger partial charge in [-0.1, -0.05) is 4.57 Å². The van der Waals surface area contributed by atoms with Gasteiger partial charge in [0.2, 0.25) is 0 Å². The molecule has 6 heteroatoms. The number of hydrogen-bond acceptors (Lipinski definition) is 4. The van der Waals surface area contributed by atoms with Gasteiger partial charge in [0.15, 0.2) is 0 Å². The molecule has 0 aliphatic carbocycles. The Morgan fingerprint density at radius 3 is 2.11 bits per heavy atom.